The van der Waals surface area contributed by atoms with Gasteiger partial charge < -0.3 is 15.2 Å². The van der Waals surface area contributed by atoms with E-state index >= 15 is 0 Å². The predicted molar refractivity (Wildman–Crippen MR) is 98.4 cm³/mol. The van der Waals surface area contributed by atoms with Crippen LogP contribution < -0.4 is 15.2 Å². The second-order valence-corrected chi connectivity index (χ2v) is 5.86. The first-order valence-electron chi connectivity index (χ1n) is 8.26. The van der Waals surface area contributed by atoms with E-state index in [0.29, 0.717) is 6.61 Å². The van der Waals surface area contributed by atoms with Crippen LogP contribution in [0.1, 0.15) is 37.8 Å². The maximum Gasteiger partial charge on any atom is 0.119 e. The first kappa shape index (κ1) is 17.9. The summed E-state index contributed by atoms with van der Waals surface area (Å²) >= 11 is 0. The van der Waals surface area contributed by atoms with Gasteiger partial charge in [0.2, 0.25) is 0 Å². The lowest BCUT2D eigenvalue weighted by molar-refractivity contribution is 0.207. The van der Waals surface area contributed by atoms with Gasteiger partial charge in [0.25, 0.3) is 0 Å². The summed E-state index contributed by atoms with van der Waals surface area (Å²) in [4.78, 5) is 0. The zero-order valence-corrected chi connectivity index (χ0v) is 14.6. The molecule has 0 unspecified atom stereocenters. The summed E-state index contributed by atoms with van der Waals surface area (Å²) < 4.78 is 10.9. The van der Waals surface area contributed by atoms with Crippen LogP contribution in [0.4, 0.5) is 0 Å². The van der Waals surface area contributed by atoms with Crippen molar-refractivity contribution < 1.29 is 9.47 Å². The van der Waals surface area contributed by atoms with Crippen LogP contribution in [-0.2, 0) is 0 Å². The number of hydrogen-bond donors (Lipinski definition) is 1. The van der Waals surface area contributed by atoms with Gasteiger partial charge in [-0.05, 0) is 61.4 Å². The lowest BCUT2D eigenvalue weighted by atomic mass is 9.96. The Balaban J connectivity index is 1.98. The molecule has 0 saturated carbocycles. The number of hydrogen-bond acceptors (Lipinski definition) is 3. The normalized spacial score (nSPS) is 10.7. The zero-order chi connectivity index (χ0) is 17.4. The van der Waals surface area contributed by atoms with Crippen molar-refractivity contribution in [3.8, 4) is 23.3 Å². The monoisotopic (exact) mass is 323 g/mol. The Bertz CT molecular complexity index is 689. The SMILES string of the molecule is CCC(N)(CC)COc1ccc(C#Cc2ccc(OC)cc2)cc1. The molecule has 2 aromatic rings. The van der Waals surface area contributed by atoms with Gasteiger partial charge in [-0.15, -0.1) is 0 Å². The van der Waals surface area contributed by atoms with E-state index in [0.717, 1.165) is 35.5 Å². The van der Waals surface area contributed by atoms with Crippen LogP contribution in [0.15, 0.2) is 48.5 Å². The molecule has 0 aliphatic carbocycles. The summed E-state index contributed by atoms with van der Waals surface area (Å²) in [7, 11) is 1.65. The van der Waals surface area contributed by atoms with Gasteiger partial charge in [0.05, 0.1) is 7.11 Å². The van der Waals surface area contributed by atoms with Crippen LogP contribution in [0.5, 0.6) is 11.5 Å². The van der Waals surface area contributed by atoms with Crippen LogP contribution in [-0.4, -0.2) is 19.3 Å². The molecule has 0 atom stereocenters. The minimum absolute atomic E-state index is 0.257. The highest BCUT2D eigenvalue weighted by molar-refractivity contribution is 5.45. The first-order chi connectivity index (χ1) is 11.6. The van der Waals surface area contributed by atoms with E-state index in [-0.39, 0.29) is 5.54 Å². The Morgan fingerprint density at radius 3 is 1.71 bits per heavy atom. The predicted octanol–water partition coefficient (Wildman–Crippen LogP) is 3.99. The Morgan fingerprint density at radius 1 is 0.833 bits per heavy atom. The van der Waals surface area contributed by atoms with E-state index in [4.69, 9.17) is 15.2 Å². The van der Waals surface area contributed by atoms with Gasteiger partial charge in [-0.25, -0.2) is 0 Å². The molecule has 3 nitrogen and oxygen atoms in total. The third-order valence-electron chi connectivity index (χ3n) is 4.23. The molecule has 0 fully saturated rings. The van der Waals surface area contributed by atoms with Crippen molar-refractivity contribution >= 4 is 0 Å². The number of benzene rings is 2. The molecule has 0 heterocycles. The summed E-state index contributed by atoms with van der Waals surface area (Å²) in [5, 5.41) is 0. The van der Waals surface area contributed by atoms with Crippen molar-refractivity contribution in [3.05, 3.63) is 59.7 Å². The van der Waals surface area contributed by atoms with Crippen molar-refractivity contribution in [2.75, 3.05) is 13.7 Å². The molecule has 0 aliphatic heterocycles. The second-order valence-electron chi connectivity index (χ2n) is 5.86. The average molecular weight is 323 g/mol. The largest absolute Gasteiger partial charge is 0.497 e. The highest BCUT2D eigenvalue weighted by Gasteiger charge is 2.20. The molecule has 0 saturated heterocycles. The summed E-state index contributed by atoms with van der Waals surface area (Å²) in [5.74, 6) is 7.94. The fraction of sp³-hybridized carbons (Fsp3) is 0.333. The van der Waals surface area contributed by atoms with Gasteiger partial charge in [0.15, 0.2) is 0 Å². The highest BCUT2D eigenvalue weighted by Crippen LogP contribution is 2.17. The van der Waals surface area contributed by atoms with Gasteiger partial charge >= 0.3 is 0 Å². The molecular weight excluding hydrogens is 298 g/mol. The van der Waals surface area contributed by atoms with Crippen molar-refractivity contribution in [1.29, 1.82) is 0 Å². The van der Waals surface area contributed by atoms with Gasteiger partial charge in [0.1, 0.15) is 18.1 Å². The highest BCUT2D eigenvalue weighted by atomic mass is 16.5. The standard InChI is InChI=1S/C21H25NO2/c1-4-21(22,5-2)16-24-20-14-10-18(11-15-20)7-6-17-8-12-19(23-3)13-9-17/h8-15H,4-5,16,22H2,1-3H3. The molecule has 0 aromatic heterocycles. The van der Waals surface area contributed by atoms with Crippen LogP contribution >= 0.6 is 0 Å². The quantitative estimate of drug-likeness (QED) is 0.818. The molecule has 0 spiro atoms. The Hall–Kier alpha value is -2.44. The molecule has 126 valence electrons. The number of ether oxygens (including phenoxy) is 2. The summed E-state index contributed by atoms with van der Waals surface area (Å²) in [6.07, 6.45) is 1.80. The molecular formula is C21H25NO2. The maximum atomic E-state index is 6.25. The molecule has 24 heavy (non-hydrogen) atoms. The van der Waals surface area contributed by atoms with Crippen molar-refractivity contribution in [2.45, 2.75) is 32.2 Å². The van der Waals surface area contributed by atoms with E-state index in [2.05, 4.69) is 25.7 Å². The molecule has 3 heteroatoms. The molecule has 0 bridgehead atoms. The molecule has 0 amide bonds. The van der Waals surface area contributed by atoms with Crippen LogP contribution in [0.3, 0.4) is 0 Å². The fourth-order valence-corrected chi connectivity index (χ4v) is 2.13. The second kappa shape index (κ2) is 8.42. The number of rotatable bonds is 6. The topological polar surface area (TPSA) is 44.5 Å². The average Bonchev–Trinajstić information content (AvgIpc) is 2.65. The molecule has 0 aliphatic rings. The van der Waals surface area contributed by atoms with Crippen LogP contribution in [0, 0.1) is 11.8 Å². The third kappa shape index (κ3) is 5.04. The Labute approximate surface area is 144 Å². The van der Waals surface area contributed by atoms with Gasteiger partial charge in [-0.3, -0.25) is 0 Å². The van der Waals surface area contributed by atoms with Crippen molar-refractivity contribution in [3.63, 3.8) is 0 Å². The van der Waals surface area contributed by atoms with E-state index in [1.807, 2.05) is 48.5 Å². The molecule has 2 N–H and O–H groups in total. The number of methoxy groups -OCH3 is 1. The lowest BCUT2D eigenvalue weighted by Gasteiger charge is -2.26. The smallest absolute Gasteiger partial charge is 0.119 e. The van der Waals surface area contributed by atoms with Crippen LogP contribution in [0.25, 0.3) is 0 Å². The zero-order valence-electron chi connectivity index (χ0n) is 14.6. The summed E-state index contributed by atoms with van der Waals surface area (Å²) in [5.41, 5.74) is 7.89. The lowest BCUT2D eigenvalue weighted by Crippen LogP contribution is -2.44. The minimum Gasteiger partial charge on any atom is -0.497 e. The third-order valence-corrected chi connectivity index (χ3v) is 4.23. The van der Waals surface area contributed by atoms with Crippen molar-refractivity contribution in [2.24, 2.45) is 5.73 Å². The van der Waals surface area contributed by atoms with E-state index in [1.165, 1.54) is 0 Å². The Kier molecular flexibility index (Phi) is 6.28. The maximum absolute atomic E-state index is 6.25. The molecule has 2 rings (SSSR count). The first-order valence-corrected chi connectivity index (χ1v) is 8.26. The summed E-state index contributed by atoms with van der Waals surface area (Å²) in [6.45, 7) is 4.70. The van der Waals surface area contributed by atoms with E-state index in [9.17, 15) is 0 Å². The summed E-state index contributed by atoms with van der Waals surface area (Å²) in [6, 6.07) is 15.5. The molecule has 2 aromatic carbocycles. The van der Waals surface area contributed by atoms with Gasteiger partial charge in [-0.2, -0.15) is 0 Å². The molecule has 0 radical (unpaired) electrons. The van der Waals surface area contributed by atoms with Gasteiger partial charge in [-0.1, -0.05) is 25.7 Å². The fourth-order valence-electron chi connectivity index (χ4n) is 2.13. The number of nitrogens with two attached hydrogens (primary N) is 1. The minimum atomic E-state index is -0.257. The van der Waals surface area contributed by atoms with Crippen molar-refractivity contribution in [1.82, 2.24) is 0 Å². The van der Waals surface area contributed by atoms with Crippen LogP contribution in [0.2, 0.25) is 0 Å². The van der Waals surface area contributed by atoms with Gasteiger partial charge in [0, 0.05) is 16.7 Å². The van der Waals surface area contributed by atoms with E-state index in [1.54, 1.807) is 7.11 Å². The Morgan fingerprint density at radius 2 is 1.29 bits per heavy atom. The van der Waals surface area contributed by atoms with E-state index < -0.39 is 0 Å².